The van der Waals surface area contributed by atoms with Crippen LogP contribution in [-0.4, -0.2) is 57.9 Å². The Labute approximate surface area is 326 Å². The molecule has 52 heavy (non-hydrogen) atoms. The highest BCUT2D eigenvalue weighted by molar-refractivity contribution is 8.00. The van der Waals surface area contributed by atoms with Crippen LogP contribution in [0.1, 0.15) is 110 Å². The molecule has 0 unspecified atom stereocenters. The molecule has 0 amide bonds. The van der Waals surface area contributed by atoms with E-state index in [0.29, 0.717) is 23.5 Å². The van der Waals surface area contributed by atoms with Crippen LogP contribution in [0.2, 0.25) is 36.3 Å². The smallest absolute Gasteiger partial charge is 0.311 e. The second kappa shape index (κ2) is 18.5. The molecule has 9 atom stereocenters. The summed E-state index contributed by atoms with van der Waals surface area (Å²) in [6, 6.07) is 10.7. The summed E-state index contributed by atoms with van der Waals surface area (Å²) in [4.78, 5) is 13.7. The van der Waals surface area contributed by atoms with Crippen molar-refractivity contribution in [1.82, 2.24) is 0 Å². The third-order valence-electron chi connectivity index (χ3n) is 12.0. The van der Waals surface area contributed by atoms with Crippen molar-refractivity contribution in [2.24, 2.45) is 35.0 Å². The number of aliphatic hydroxyl groups excluding tert-OH is 1. The molecular weight excluding hydrogens is 697 g/mol. The van der Waals surface area contributed by atoms with Gasteiger partial charge in [0.2, 0.25) is 0 Å². The monoisotopic (exact) mass is 772 g/mol. The zero-order valence-electron chi connectivity index (χ0n) is 36.3. The van der Waals surface area contributed by atoms with E-state index in [-0.39, 0.29) is 52.6 Å². The predicted octanol–water partition coefficient (Wildman–Crippen LogP) is 11.8. The number of rotatable bonds is 13. The van der Waals surface area contributed by atoms with E-state index in [1.54, 1.807) is 0 Å². The lowest BCUT2D eigenvalue weighted by molar-refractivity contribution is -0.151. The number of ether oxygens (including phenoxy) is 1. The molecule has 0 radical (unpaired) electrons. The second-order valence-corrected chi connectivity index (χ2v) is 30.7. The van der Waals surface area contributed by atoms with Gasteiger partial charge in [0.25, 0.3) is 0 Å². The number of carbonyl (C=O) groups is 1. The SMILES string of the molecule is C/C(=C/[C@H](C)[C@@H](O[Si](C)(C)C(C)(C)C)[C@@H](C)C#C[C@@H](O)C[C@@H]1C[C@@H](Sc2ccccc2)[C@H](C)[C@@H](O[Si](C)(C)C(C)(C)C)[C@H]1C)COC(=O)C(C)(C)C. The van der Waals surface area contributed by atoms with Crippen molar-refractivity contribution < 1.29 is 23.5 Å². The van der Waals surface area contributed by atoms with Gasteiger partial charge in [-0.1, -0.05) is 98.4 Å². The topological polar surface area (TPSA) is 65.0 Å². The summed E-state index contributed by atoms with van der Waals surface area (Å²) >= 11 is 1.96. The van der Waals surface area contributed by atoms with Crippen molar-refractivity contribution in [2.45, 2.75) is 174 Å². The largest absolute Gasteiger partial charge is 0.461 e. The van der Waals surface area contributed by atoms with E-state index in [9.17, 15) is 9.90 Å². The summed E-state index contributed by atoms with van der Waals surface area (Å²) in [7, 11) is -4.18. The number of benzene rings is 1. The van der Waals surface area contributed by atoms with E-state index < -0.39 is 28.2 Å². The Bertz CT molecular complexity index is 1380. The molecule has 1 fully saturated rings. The summed E-state index contributed by atoms with van der Waals surface area (Å²) in [5.41, 5.74) is 0.450. The first-order valence-electron chi connectivity index (χ1n) is 19.7. The van der Waals surface area contributed by atoms with Gasteiger partial charge in [-0.05, 0) is 119 Å². The summed E-state index contributed by atoms with van der Waals surface area (Å²) in [5.74, 6) is 7.45. The maximum Gasteiger partial charge on any atom is 0.311 e. The Morgan fingerprint density at radius 2 is 1.48 bits per heavy atom. The highest BCUT2D eigenvalue weighted by Crippen LogP contribution is 2.48. The van der Waals surface area contributed by atoms with E-state index in [1.165, 1.54) is 4.90 Å². The first-order chi connectivity index (χ1) is 23.6. The highest BCUT2D eigenvalue weighted by atomic mass is 32.2. The first kappa shape index (κ1) is 46.8. The lowest BCUT2D eigenvalue weighted by Crippen LogP contribution is -2.52. The van der Waals surface area contributed by atoms with Crippen molar-refractivity contribution in [3.63, 3.8) is 0 Å². The standard InChI is InChI=1S/C44H76O5SSi2/c1-30(29-47-41(46)42(6,7)8)26-32(3)39(48-51(15,16)43(9,10)11)31(2)24-25-36(45)27-35-28-38(50-37-22-20-19-21-23-37)34(5)40(33(35)4)49-52(17,18)44(12,13)14/h19-23,26,31-36,38-40,45H,27-29H2,1-18H3/b30-26-/t31-,32-,33-,34-,35+,36+,38+,39-,40-/m0/s1. The molecule has 0 saturated heterocycles. The van der Waals surface area contributed by atoms with Crippen LogP contribution in [-0.2, 0) is 18.4 Å². The van der Waals surface area contributed by atoms with E-state index in [0.717, 1.165) is 12.0 Å². The minimum atomic E-state index is -2.15. The van der Waals surface area contributed by atoms with Gasteiger partial charge in [-0.2, -0.15) is 0 Å². The third-order valence-corrected chi connectivity index (χ3v) is 22.4. The Balaban J connectivity index is 2.36. The molecule has 1 aromatic rings. The van der Waals surface area contributed by atoms with E-state index in [2.05, 4.69) is 144 Å². The molecular formula is C44H76O5SSi2. The first-order valence-corrected chi connectivity index (χ1v) is 26.4. The van der Waals surface area contributed by atoms with Gasteiger partial charge in [-0.25, -0.2) is 0 Å². The van der Waals surface area contributed by atoms with Crippen molar-refractivity contribution in [3.8, 4) is 11.8 Å². The number of carbonyl (C=O) groups excluding carboxylic acids is 1. The van der Waals surface area contributed by atoms with Gasteiger partial charge in [0.15, 0.2) is 16.6 Å². The van der Waals surface area contributed by atoms with Crippen molar-refractivity contribution in [3.05, 3.63) is 42.0 Å². The fourth-order valence-electron chi connectivity index (χ4n) is 6.38. The van der Waals surface area contributed by atoms with Crippen LogP contribution in [0.3, 0.4) is 0 Å². The molecule has 1 aromatic carbocycles. The van der Waals surface area contributed by atoms with Crippen LogP contribution in [0, 0.1) is 46.8 Å². The molecule has 0 spiro atoms. The fourth-order valence-corrected chi connectivity index (χ4v) is 10.7. The highest BCUT2D eigenvalue weighted by Gasteiger charge is 2.47. The second-order valence-electron chi connectivity index (χ2n) is 19.9. The average molecular weight is 773 g/mol. The van der Waals surface area contributed by atoms with E-state index in [1.807, 2.05) is 39.5 Å². The molecule has 1 saturated carbocycles. The lowest BCUT2D eigenvalue weighted by Gasteiger charge is -2.49. The number of esters is 1. The quantitative estimate of drug-likeness (QED) is 0.0932. The number of thioether (sulfide) groups is 1. The molecule has 1 aliphatic rings. The molecule has 2 rings (SSSR count). The zero-order chi connectivity index (χ0) is 40.0. The average Bonchev–Trinajstić information content (AvgIpc) is 3.00. The Hall–Kier alpha value is -1.35. The van der Waals surface area contributed by atoms with Crippen LogP contribution in [0.15, 0.2) is 46.9 Å². The fraction of sp³-hybridized carbons (Fsp3) is 0.750. The normalized spacial score (nSPS) is 24.7. The number of aliphatic hydroxyl groups is 1. The maximum atomic E-state index is 12.4. The molecule has 0 aliphatic heterocycles. The lowest BCUT2D eigenvalue weighted by atomic mass is 9.71. The predicted molar refractivity (Wildman–Crippen MR) is 228 cm³/mol. The summed E-state index contributed by atoms with van der Waals surface area (Å²) in [6.45, 7) is 39.8. The van der Waals surface area contributed by atoms with Crippen LogP contribution in [0.5, 0.6) is 0 Å². The Morgan fingerprint density at radius 1 is 0.923 bits per heavy atom. The molecule has 0 bridgehead atoms. The van der Waals surface area contributed by atoms with Gasteiger partial charge in [-0.3, -0.25) is 4.79 Å². The molecule has 0 heterocycles. The van der Waals surface area contributed by atoms with Gasteiger partial charge >= 0.3 is 5.97 Å². The summed E-state index contributed by atoms with van der Waals surface area (Å²) < 4.78 is 19.9. The van der Waals surface area contributed by atoms with Gasteiger partial charge in [0.05, 0.1) is 17.6 Å². The summed E-state index contributed by atoms with van der Waals surface area (Å²) in [6.07, 6.45) is 3.03. The van der Waals surface area contributed by atoms with Gasteiger partial charge in [-0.15, -0.1) is 11.8 Å². The van der Waals surface area contributed by atoms with Crippen LogP contribution < -0.4 is 0 Å². The van der Waals surface area contributed by atoms with Gasteiger partial charge in [0, 0.05) is 22.0 Å². The zero-order valence-corrected chi connectivity index (χ0v) is 39.1. The van der Waals surface area contributed by atoms with Crippen molar-refractivity contribution in [1.29, 1.82) is 0 Å². The minimum Gasteiger partial charge on any atom is -0.461 e. The minimum absolute atomic E-state index is 0.0320. The Kier molecular flexibility index (Phi) is 16.7. The molecule has 1 aliphatic carbocycles. The molecule has 296 valence electrons. The molecule has 5 nitrogen and oxygen atoms in total. The van der Waals surface area contributed by atoms with E-state index >= 15 is 0 Å². The van der Waals surface area contributed by atoms with Crippen LogP contribution in [0.4, 0.5) is 0 Å². The van der Waals surface area contributed by atoms with Gasteiger partial charge in [0.1, 0.15) is 12.7 Å². The van der Waals surface area contributed by atoms with Crippen molar-refractivity contribution >= 4 is 34.4 Å². The van der Waals surface area contributed by atoms with Gasteiger partial charge < -0.3 is 18.7 Å². The number of hydrogen-bond acceptors (Lipinski definition) is 6. The molecule has 0 aromatic heterocycles. The van der Waals surface area contributed by atoms with Crippen molar-refractivity contribution in [2.75, 3.05) is 6.61 Å². The third kappa shape index (κ3) is 13.4. The van der Waals surface area contributed by atoms with Crippen LogP contribution in [0.25, 0.3) is 0 Å². The molecule has 8 heteroatoms. The number of hydrogen-bond donors (Lipinski definition) is 1. The van der Waals surface area contributed by atoms with E-state index in [4.69, 9.17) is 13.6 Å². The van der Waals surface area contributed by atoms with Crippen LogP contribution >= 0.6 is 11.8 Å². The maximum absolute atomic E-state index is 12.4. The molecule has 1 N–H and O–H groups in total. The Morgan fingerprint density at radius 3 is 2.00 bits per heavy atom. The summed E-state index contributed by atoms with van der Waals surface area (Å²) in [5, 5.41) is 12.1.